The van der Waals surface area contributed by atoms with Crippen LogP contribution in [0.25, 0.3) is 0 Å². The Labute approximate surface area is 126 Å². The summed E-state index contributed by atoms with van der Waals surface area (Å²) in [6, 6.07) is 9.92. The van der Waals surface area contributed by atoms with E-state index in [0.29, 0.717) is 22.0 Å². The Bertz CT molecular complexity index is 696. The molecule has 108 valence electrons. The Morgan fingerprint density at radius 3 is 2.38 bits per heavy atom. The van der Waals surface area contributed by atoms with Crippen molar-refractivity contribution >= 4 is 23.1 Å². The summed E-state index contributed by atoms with van der Waals surface area (Å²) in [4.78, 5) is 12.0. The summed E-state index contributed by atoms with van der Waals surface area (Å²) in [6.07, 6.45) is 1.38. The first kappa shape index (κ1) is 15.2. The second-order valence-electron chi connectivity index (χ2n) is 4.45. The monoisotopic (exact) mass is 307 g/mol. The topological polar surface area (TPSA) is 29.1 Å². The molecule has 0 bridgehead atoms. The molecule has 2 aromatic rings. The summed E-state index contributed by atoms with van der Waals surface area (Å²) in [5.41, 5.74) is 1.37. The second kappa shape index (κ2) is 6.50. The molecule has 0 amide bonds. The molecule has 0 radical (unpaired) electrons. The Morgan fingerprint density at radius 2 is 1.76 bits per heavy atom. The van der Waals surface area contributed by atoms with Crippen LogP contribution < -0.4 is 5.32 Å². The molecule has 0 aromatic heterocycles. The fraction of sp³-hybridized carbons (Fsp3) is 0.0625. The number of allylic oxidation sites excluding steroid dienone is 2. The lowest BCUT2D eigenvalue weighted by atomic mass is 10.1. The Hall–Kier alpha value is -2.20. The molecule has 0 spiro atoms. The predicted octanol–water partition coefficient (Wildman–Crippen LogP) is 4.82. The molecule has 0 fully saturated rings. The van der Waals surface area contributed by atoms with E-state index in [1.54, 1.807) is 31.2 Å². The van der Waals surface area contributed by atoms with Crippen molar-refractivity contribution in [1.29, 1.82) is 0 Å². The van der Waals surface area contributed by atoms with E-state index in [2.05, 4.69) is 5.32 Å². The molecule has 0 aliphatic rings. The molecule has 0 unspecified atom stereocenters. The second-order valence-corrected chi connectivity index (χ2v) is 4.89. The number of hydrogen-bond donors (Lipinski definition) is 1. The van der Waals surface area contributed by atoms with Gasteiger partial charge >= 0.3 is 0 Å². The van der Waals surface area contributed by atoms with Gasteiger partial charge in [-0.15, -0.1) is 0 Å². The van der Waals surface area contributed by atoms with Gasteiger partial charge in [-0.05, 0) is 43.3 Å². The number of anilines is 1. The molecule has 0 aliphatic carbocycles. The normalized spacial score (nSPS) is 11.3. The predicted molar refractivity (Wildman–Crippen MR) is 79.5 cm³/mol. The van der Waals surface area contributed by atoms with Gasteiger partial charge in [-0.1, -0.05) is 11.6 Å². The van der Waals surface area contributed by atoms with Crippen LogP contribution in [0.2, 0.25) is 5.02 Å². The molecule has 2 aromatic carbocycles. The number of carbonyl (C=O) groups excluding carboxylic acids is 1. The van der Waals surface area contributed by atoms with E-state index in [-0.39, 0.29) is 5.78 Å². The van der Waals surface area contributed by atoms with Crippen LogP contribution in [0.1, 0.15) is 17.3 Å². The molecule has 2 nitrogen and oxygen atoms in total. The van der Waals surface area contributed by atoms with Crippen LogP contribution in [0.4, 0.5) is 14.5 Å². The summed E-state index contributed by atoms with van der Waals surface area (Å²) in [5.74, 6) is -2.07. The summed E-state index contributed by atoms with van der Waals surface area (Å²) >= 11 is 5.75. The molecular weight excluding hydrogens is 296 g/mol. The maximum Gasteiger partial charge on any atom is 0.187 e. The summed E-state index contributed by atoms with van der Waals surface area (Å²) < 4.78 is 25.9. The van der Waals surface area contributed by atoms with Gasteiger partial charge in [-0.3, -0.25) is 4.79 Å². The highest BCUT2D eigenvalue weighted by molar-refractivity contribution is 6.30. The Morgan fingerprint density at radius 1 is 1.10 bits per heavy atom. The SMILES string of the molecule is CC(=CC(=O)c1ccc(Cl)cc1)Nc1ccc(F)c(F)c1. The highest BCUT2D eigenvalue weighted by Crippen LogP contribution is 2.16. The number of ketones is 1. The van der Waals surface area contributed by atoms with Crippen molar-refractivity contribution in [2.75, 3.05) is 5.32 Å². The highest BCUT2D eigenvalue weighted by atomic mass is 35.5. The maximum absolute atomic E-state index is 13.1. The zero-order valence-corrected chi connectivity index (χ0v) is 11.9. The number of hydrogen-bond acceptors (Lipinski definition) is 2. The number of halogens is 3. The van der Waals surface area contributed by atoms with Crippen LogP contribution in [0.5, 0.6) is 0 Å². The van der Waals surface area contributed by atoms with Gasteiger partial charge in [-0.2, -0.15) is 0 Å². The Balaban J connectivity index is 2.11. The van der Waals surface area contributed by atoms with E-state index in [1.807, 2.05) is 0 Å². The zero-order valence-electron chi connectivity index (χ0n) is 11.2. The van der Waals surface area contributed by atoms with Crippen LogP contribution in [0, 0.1) is 11.6 Å². The number of benzene rings is 2. The minimum absolute atomic E-state index is 0.209. The summed E-state index contributed by atoms with van der Waals surface area (Å²) in [7, 11) is 0. The minimum Gasteiger partial charge on any atom is -0.359 e. The van der Waals surface area contributed by atoms with Gasteiger partial charge in [0.2, 0.25) is 0 Å². The van der Waals surface area contributed by atoms with Gasteiger partial charge in [0.1, 0.15) is 0 Å². The molecule has 0 atom stereocenters. The van der Waals surface area contributed by atoms with Crippen LogP contribution >= 0.6 is 11.6 Å². The number of nitrogens with one attached hydrogen (secondary N) is 1. The smallest absolute Gasteiger partial charge is 0.187 e. The van der Waals surface area contributed by atoms with Crippen molar-refractivity contribution in [2.45, 2.75) is 6.92 Å². The van der Waals surface area contributed by atoms with E-state index in [9.17, 15) is 13.6 Å². The van der Waals surface area contributed by atoms with Gasteiger partial charge in [0.15, 0.2) is 17.4 Å². The lowest BCUT2D eigenvalue weighted by Gasteiger charge is -2.07. The zero-order chi connectivity index (χ0) is 15.4. The third-order valence-electron chi connectivity index (χ3n) is 2.74. The molecule has 0 heterocycles. The molecule has 2 rings (SSSR count). The third-order valence-corrected chi connectivity index (χ3v) is 2.99. The van der Waals surface area contributed by atoms with Crippen molar-refractivity contribution in [3.8, 4) is 0 Å². The highest BCUT2D eigenvalue weighted by Gasteiger charge is 2.05. The van der Waals surface area contributed by atoms with Gasteiger partial charge in [0, 0.05) is 34.1 Å². The number of rotatable bonds is 4. The third kappa shape index (κ3) is 4.13. The first-order chi connectivity index (χ1) is 9.95. The van der Waals surface area contributed by atoms with Crippen molar-refractivity contribution in [3.63, 3.8) is 0 Å². The lowest BCUT2D eigenvalue weighted by Crippen LogP contribution is -2.02. The van der Waals surface area contributed by atoms with Gasteiger partial charge in [0.25, 0.3) is 0 Å². The molecule has 0 saturated heterocycles. The fourth-order valence-corrected chi connectivity index (χ4v) is 1.86. The van der Waals surface area contributed by atoms with E-state index >= 15 is 0 Å². The molecular formula is C16H12ClF2NO. The van der Waals surface area contributed by atoms with Gasteiger partial charge in [0.05, 0.1) is 0 Å². The van der Waals surface area contributed by atoms with Crippen molar-refractivity contribution in [3.05, 3.63) is 76.5 Å². The summed E-state index contributed by atoms with van der Waals surface area (Å²) in [5, 5.41) is 3.38. The van der Waals surface area contributed by atoms with Gasteiger partial charge in [-0.25, -0.2) is 8.78 Å². The molecule has 0 aliphatic heterocycles. The standard InChI is InChI=1S/C16H12ClF2NO/c1-10(20-13-6-7-14(18)15(19)9-13)8-16(21)11-2-4-12(17)5-3-11/h2-9,20H,1H3. The first-order valence-electron chi connectivity index (χ1n) is 6.16. The largest absolute Gasteiger partial charge is 0.359 e. The van der Waals surface area contributed by atoms with Crippen LogP contribution in [0.15, 0.2) is 54.2 Å². The van der Waals surface area contributed by atoms with E-state index in [4.69, 9.17) is 11.6 Å². The van der Waals surface area contributed by atoms with E-state index in [1.165, 1.54) is 12.1 Å². The molecule has 21 heavy (non-hydrogen) atoms. The Kier molecular flexibility index (Phi) is 4.70. The molecule has 0 saturated carbocycles. The van der Waals surface area contributed by atoms with Crippen molar-refractivity contribution in [2.24, 2.45) is 0 Å². The van der Waals surface area contributed by atoms with E-state index < -0.39 is 11.6 Å². The van der Waals surface area contributed by atoms with Gasteiger partial charge < -0.3 is 5.32 Å². The summed E-state index contributed by atoms with van der Waals surface area (Å²) in [6.45, 7) is 1.66. The van der Waals surface area contributed by atoms with Crippen molar-refractivity contribution < 1.29 is 13.6 Å². The molecule has 5 heteroatoms. The average molecular weight is 308 g/mol. The van der Waals surface area contributed by atoms with Crippen LogP contribution in [-0.2, 0) is 0 Å². The maximum atomic E-state index is 13.1. The average Bonchev–Trinajstić information content (AvgIpc) is 2.43. The van der Waals surface area contributed by atoms with Crippen LogP contribution in [-0.4, -0.2) is 5.78 Å². The fourth-order valence-electron chi connectivity index (χ4n) is 1.73. The number of carbonyl (C=O) groups is 1. The van der Waals surface area contributed by atoms with E-state index in [0.717, 1.165) is 12.1 Å². The minimum atomic E-state index is -0.947. The quantitative estimate of drug-likeness (QED) is 0.648. The van der Waals surface area contributed by atoms with Crippen molar-refractivity contribution in [1.82, 2.24) is 0 Å². The molecule has 1 N–H and O–H groups in total. The lowest BCUT2D eigenvalue weighted by molar-refractivity contribution is 0.104. The first-order valence-corrected chi connectivity index (χ1v) is 6.54. The van der Waals surface area contributed by atoms with Crippen LogP contribution in [0.3, 0.4) is 0 Å².